The van der Waals surface area contributed by atoms with Crippen molar-refractivity contribution in [3.8, 4) is 0 Å². The number of aliphatic imine (C=N–C) groups is 1. The Balaban J connectivity index is 1.97. The zero-order valence-corrected chi connectivity index (χ0v) is 23.4. The second-order valence-electron chi connectivity index (χ2n) is 10.5. The fourth-order valence-electron chi connectivity index (χ4n) is 5.44. The Kier molecular flexibility index (Phi) is 18.2. The Bertz CT molecular complexity index is 571. The fraction of sp³-hybridized carbons (Fsp3) is 0.867. The summed E-state index contributed by atoms with van der Waals surface area (Å²) in [5, 5.41) is 3.11. The van der Waals surface area contributed by atoms with Crippen LogP contribution in [0.5, 0.6) is 0 Å². The summed E-state index contributed by atoms with van der Waals surface area (Å²) in [5.74, 6) is 1.35. The first-order valence-corrected chi connectivity index (χ1v) is 14.9. The predicted octanol–water partition coefficient (Wildman–Crippen LogP) is 8.32. The minimum absolute atomic E-state index is 0.0555. The highest BCUT2D eigenvalue weighted by Gasteiger charge is 2.41. The summed E-state index contributed by atoms with van der Waals surface area (Å²) in [6, 6.07) is 0. The number of likely N-dealkylation sites (N-methyl/N-ethyl adjacent to an activating group) is 1. The van der Waals surface area contributed by atoms with Crippen molar-refractivity contribution in [1.29, 1.82) is 0 Å². The summed E-state index contributed by atoms with van der Waals surface area (Å²) in [6.45, 7) is 11.2. The molecule has 1 amide bonds. The molecule has 1 heterocycles. The summed E-state index contributed by atoms with van der Waals surface area (Å²) >= 11 is 0. The van der Waals surface area contributed by atoms with E-state index in [9.17, 15) is 4.79 Å². The van der Waals surface area contributed by atoms with Crippen molar-refractivity contribution < 1.29 is 9.28 Å². The Morgan fingerprint density at radius 2 is 1.35 bits per heavy atom. The molecule has 1 rings (SSSR count). The largest absolute Gasteiger partial charge is 0.307 e. The zero-order valence-electron chi connectivity index (χ0n) is 23.4. The molecule has 1 N–H and O–H groups in total. The normalized spacial score (nSPS) is 19.0. The minimum Gasteiger partial charge on any atom is -0.307 e. The van der Waals surface area contributed by atoms with Crippen LogP contribution in [0.15, 0.2) is 17.1 Å². The van der Waals surface area contributed by atoms with Crippen LogP contribution in [0.4, 0.5) is 0 Å². The highest BCUT2D eigenvalue weighted by atomic mass is 16.1. The van der Waals surface area contributed by atoms with Gasteiger partial charge < -0.3 is 5.32 Å². The van der Waals surface area contributed by atoms with Gasteiger partial charge in [0.2, 0.25) is 5.91 Å². The number of rotatable bonds is 22. The lowest BCUT2D eigenvalue weighted by Crippen LogP contribution is -2.62. The summed E-state index contributed by atoms with van der Waals surface area (Å²) in [6.07, 6.45) is 29.3. The van der Waals surface area contributed by atoms with Gasteiger partial charge in [0, 0.05) is 20.3 Å². The molecule has 2 unspecified atom stereocenters. The number of nitrogens with zero attached hydrogens (tertiary/aromatic N) is 2. The molecule has 4 nitrogen and oxygen atoms in total. The third-order valence-electron chi connectivity index (χ3n) is 7.69. The molecule has 0 aromatic heterocycles. The third kappa shape index (κ3) is 13.1. The van der Waals surface area contributed by atoms with Gasteiger partial charge in [0.25, 0.3) is 0 Å². The first-order valence-electron chi connectivity index (χ1n) is 14.9. The van der Waals surface area contributed by atoms with Gasteiger partial charge in [0.05, 0.1) is 13.1 Å². The number of hydrogen-bond acceptors (Lipinski definition) is 2. The lowest BCUT2D eigenvalue weighted by molar-refractivity contribution is -0.861. The van der Waals surface area contributed by atoms with Crippen LogP contribution >= 0.6 is 0 Å². The van der Waals surface area contributed by atoms with E-state index in [1.54, 1.807) is 6.92 Å². The summed E-state index contributed by atoms with van der Waals surface area (Å²) in [4.78, 5) is 16.4. The SMILES string of the molecule is CCCCCCCCCCCCCC/C=C/CCCCCC1=NCC[N+]1(CC)C(C)NC(C)=O. The van der Waals surface area contributed by atoms with Crippen LogP contribution in [0.1, 0.15) is 143 Å². The highest BCUT2D eigenvalue weighted by molar-refractivity contribution is 5.78. The van der Waals surface area contributed by atoms with Gasteiger partial charge in [-0.3, -0.25) is 9.28 Å². The number of carbonyl (C=O) groups excluding carboxylic acids is 1. The van der Waals surface area contributed by atoms with E-state index in [-0.39, 0.29) is 12.1 Å². The van der Waals surface area contributed by atoms with Crippen molar-refractivity contribution in [1.82, 2.24) is 5.32 Å². The molecule has 2 atom stereocenters. The monoisotopic (exact) mass is 476 g/mol. The number of carbonyl (C=O) groups is 1. The summed E-state index contributed by atoms with van der Waals surface area (Å²) in [5.41, 5.74) is 0. The molecular weight excluding hydrogens is 418 g/mol. The molecule has 1 aliphatic rings. The van der Waals surface area contributed by atoms with Gasteiger partial charge in [-0.25, -0.2) is 4.99 Å². The number of allylic oxidation sites excluding steroid dienone is 2. The van der Waals surface area contributed by atoms with Crippen LogP contribution in [-0.2, 0) is 4.79 Å². The highest BCUT2D eigenvalue weighted by Crippen LogP contribution is 2.23. The standard InChI is InChI=1S/C30H57N3O/c1-5-7-8-9-10-11-12-13-14-15-16-17-18-19-20-21-22-23-24-25-30-31-26-27-33(30,6-2)28(3)32-29(4)34/h19-20,28H,5-18,21-27H2,1-4H3/p+1/b20-19+. The maximum atomic E-state index is 11.6. The number of hydrogen-bond donors (Lipinski definition) is 1. The van der Waals surface area contributed by atoms with E-state index in [1.165, 1.54) is 115 Å². The second kappa shape index (κ2) is 20.1. The van der Waals surface area contributed by atoms with E-state index >= 15 is 0 Å². The van der Waals surface area contributed by atoms with Gasteiger partial charge >= 0.3 is 0 Å². The fourth-order valence-corrected chi connectivity index (χ4v) is 5.44. The molecular formula is C30H58N3O+. The molecule has 0 fully saturated rings. The van der Waals surface area contributed by atoms with Crippen LogP contribution in [0.25, 0.3) is 0 Å². The van der Waals surface area contributed by atoms with E-state index in [2.05, 4.69) is 38.2 Å². The van der Waals surface area contributed by atoms with Crippen LogP contribution in [0, 0.1) is 0 Å². The average molecular weight is 477 g/mol. The average Bonchev–Trinajstić information content (AvgIpc) is 3.24. The molecule has 0 radical (unpaired) electrons. The van der Waals surface area contributed by atoms with E-state index in [1.807, 2.05) is 0 Å². The quantitative estimate of drug-likeness (QED) is 0.0952. The Hall–Kier alpha value is -1.16. The molecule has 34 heavy (non-hydrogen) atoms. The van der Waals surface area contributed by atoms with Crippen molar-refractivity contribution in [2.24, 2.45) is 4.99 Å². The summed E-state index contributed by atoms with van der Waals surface area (Å²) < 4.78 is 0.846. The first-order chi connectivity index (χ1) is 16.6. The maximum Gasteiger partial charge on any atom is 0.221 e. The molecule has 4 heteroatoms. The van der Waals surface area contributed by atoms with Crippen LogP contribution < -0.4 is 5.32 Å². The zero-order chi connectivity index (χ0) is 24.9. The van der Waals surface area contributed by atoms with Gasteiger partial charge in [-0.1, -0.05) is 96.1 Å². The molecule has 0 aromatic rings. The van der Waals surface area contributed by atoms with Crippen LogP contribution in [0.2, 0.25) is 0 Å². The second-order valence-corrected chi connectivity index (χ2v) is 10.5. The number of amides is 1. The van der Waals surface area contributed by atoms with E-state index in [0.717, 1.165) is 30.5 Å². The van der Waals surface area contributed by atoms with Crippen molar-refractivity contribution in [2.75, 3.05) is 19.6 Å². The lowest BCUT2D eigenvalue weighted by atomic mass is 10.0. The van der Waals surface area contributed by atoms with Crippen molar-refractivity contribution in [2.45, 2.75) is 149 Å². The van der Waals surface area contributed by atoms with Gasteiger partial charge in [-0.05, 0) is 39.0 Å². The van der Waals surface area contributed by atoms with E-state index in [0.29, 0.717) is 0 Å². The Morgan fingerprint density at radius 3 is 1.85 bits per heavy atom. The van der Waals surface area contributed by atoms with E-state index < -0.39 is 0 Å². The molecule has 198 valence electrons. The predicted molar refractivity (Wildman–Crippen MR) is 149 cm³/mol. The van der Waals surface area contributed by atoms with Crippen molar-refractivity contribution in [3.63, 3.8) is 0 Å². The lowest BCUT2D eigenvalue weighted by Gasteiger charge is -2.39. The molecule has 0 aromatic carbocycles. The van der Waals surface area contributed by atoms with Gasteiger partial charge in [0.15, 0.2) is 12.0 Å². The van der Waals surface area contributed by atoms with E-state index in [4.69, 9.17) is 4.99 Å². The van der Waals surface area contributed by atoms with Crippen LogP contribution in [0.3, 0.4) is 0 Å². The maximum absolute atomic E-state index is 11.6. The Labute approximate surface area is 212 Å². The molecule has 0 bridgehead atoms. The first kappa shape index (κ1) is 30.9. The van der Waals surface area contributed by atoms with Gasteiger partial charge in [0.1, 0.15) is 6.54 Å². The number of unbranched alkanes of at least 4 members (excludes halogenated alkanes) is 15. The third-order valence-corrected chi connectivity index (χ3v) is 7.69. The Morgan fingerprint density at radius 1 is 0.853 bits per heavy atom. The number of quaternary nitrogens is 1. The topological polar surface area (TPSA) is 41.5 Å². The van der Waals surface area contributed by atoms with Gasteiger partial charge in [-0.2, -0.15) is 0 Å². The molecule has 0 saturated carbocycles. The molecule has 1 aliphatic heterocycles. The molecule has 0 aliphatic carbocycles. The molecule has 0 saturated heterocycles. The van der Waals surface area contributed by atoms with Crippen molar-refractivity contribution in [3.05, 3.63) is 12.2 Å². The molecule has 0 spiro atoms. The number of nitrogens with one attached hydrogen (secondary N) is 1. The minimum atomic E-state index is 0.0555. The summed E-state index contributed by atoms with van der Waals surface area (Å²) in [7, 11) is 0. The van der Waals surface area contributed by atoms with Gasteiger partial charge in [-0.15, -0.1) is 0 Å². The smallest absolute Gasteiger partial charge is 0.221 e. The number of amidine groups is 1. The van der Waals surface area contributed by atoms with Crippen LogP contribution in [-0.4, -0.2) is 42.0 Å². The van der Waals surface area contributed by atoms with Crippen molar-refractivity contribution >= 4 is 11.7 Å².